The normalized spacial score (nSPS) is 10.9. The molecule has 0 saturated carbocycles. The zero-order chi connectivity index (χ0) is 18.8. The van der Waals surface area contributed by atoms with Gasteiger partial charge in [0.15, 0.2) is 0 Å². The molecule has 4 rings (SSSR count). The van der Waals surface area contributed by atoms with Gasteiger partial charge < -0.3 is 14.0 Å². The van der Waals surface area contributed by atoms with Crippen LogP contribution in [0, 0.1) is 13.8 Å². The number of benzene rings is 3. The van der Waals surface area contributed by atoms with Crippen LogP contribution in [0.5, 0.6) is 17.2 Å². The fourth-order valence-electron chi connectivity index (χ4n) is 2.99. The van der Waals surface area contributed by atoms with Crippen LogP contribution in [0.2, 0.25) is 0 Å². The van der Waals surface area contributed by atoms with Crippen molar-refractivity contribution in [3.8, 4) is 17.2 Å². The molecule has 0 fully saturated rings. The molecular formula is C23H22N2O2. The first kappa shape index (κ1) is 17.2. The van der Waals surface area contributed by atoms with Crippen LogP contribution >= 0.6 is 0 Å². The number of aromatic nitrogens is 2. The van der Waals surface area contributed by atoms with Crippen LogP contribution in [0.15, 0.2) is 66.7 Å². The van der Waals surface area contributed by atoms with Gasteiger partial charge in [0, 0.05) is 13.1 Å². The van der Waals surface area contributed by atoms with Crippen molar-refractivity contribution < 1.29 is 9.47 Å². The average molecular weight is 358 g/mol. The van der Waals surface area contributed by atoms with Crippen molar-refractivity contribution in [2.24, 2.45) is 7.05 Å². The van der Waals surface area contributed by atoms with E-state index in [4.69, 9.17) is 9.47 Å². The largest absolute Gasteiger partial charge is 0.486 e. The first-order chi connectivity index (χ1) is 13.1. The number of hydrogen-bond donors (Lipinski definition) is 0. The van der Waals surface area contributed by atoms with E-state index < -0.39 is 0 Å². The molecule has 4 nitrogen and oxygen atoms in total. The molecule has 0 unspecified atom stereocenters. The minimum Gasteiger partial charge on any atom is -0.486 e. The van der Waals surface area contributed by atoms with Gasteiger partial charge in [-0.05, 0) is 61.4 Å². The van der Waals surface area contributed by atoms with Gasteiger partial charge in [0.2, 0.25) is 0 Å². The van der Waals surface area contributed by atoms with Gasteiger partial charge in [-0.25, -0.2) is 4.98 Å². The second-order valence-electron chi connectivity index (χ2n) is 6.69. The van der Waals surface area contributed by atoms with E-state index in [-0.39, 0.29) is 0 Å². The Balaban J connectivity index is 1.56. The van der Waals surface area contributed by atoms with Gasteiger partial charge in [-0.1, -0.05) is 24.3 Å². The molecule has 0 N–H and O–H groups in total. The summed E-state index contributed by atoms with van der Waals surface area (Å²) < 4.78 is 13.9. The maximum absolute atomic E-state index is 6.04. The second-order valence-corrected chi connectivity index (χ2v) is 6.69. The first-order valence-electron chi connectivity index (χ1n) is 8.98. The van der Waals surface area contributed by atoms with Crippen LogP contribution in [0.25, 0.3) is 11.0 Å². The number of ether oxygens (including phenoxy) is 2. The van der Waals surface area contributed by atoms with E-state index in [1.807, 2.05) is 66.2 Å². The molecule has 1 heterocycles. The summed E-state index contributed by atoms with van der Waals surface area (Å²) in [6, 6.07) is 21.9. The van der Waals surface area contributed by atoms with Crippen molar-refractivity contribution >= 4 is 11.0 Å². The molecular weight excluding hydrogens is 336 g/mol. The third-order valence-corrected chi connectivity index (χ3v) is 4.77. The summed E-state index contributed by atoms with van der Waals surface area (Å²) in [5, 5.41) is 0. The standard InChI is InChI=1S/C23H22N2O2/c1-16-9-10-19(13-17(16)2)27-20-11-12-21-22(14-20)25(3)23(24-21)15-26-18-7-5-4-6-8-18/h4-14H,15H2,1-3H3. The fourth-order valence-corrected chi connectivity index (χ4v) is 2.99. The maximum atomic E-state index is 6.04. The van der Waals surface area contributed by atoms with Gasteiger partial charge in [0.25, 0.3) is 0 Å². The minimum atomic E-state index is 0.419. The third-order valence-electron chi connectivity index (χ3n) is 4.77. The van der Waals surface area contributed by atoms with E-state index in [2.05, 4.69) is 31.0 Å². The predicted octanol–water partition coefficient (Wildman–Crippen LogP) is 5.56. The molecule has 3 aromatic carbocycles. The Labute approximate surface area is 159 Å². The van der Waals surface area contributed by atoms with Gasteiger partial charge in [0.05, 0.1) is 11.0 Å². The van der Waals surface area contributed by atoms with Gasteiger partial charge in [-0.3, -0.25) is 0 Å². The number of rotatable bonds is 5. The molecule has 0 aliphatic heterocycles. The Bertz CT molecular complexity index is 1080. The molecule has 4 heteroatoms. The van der Waals surface area contributed by atoms with Crippen molar-refractivity contribution in [1.29, 1.82) is 0 Å². The molecule has 0 amide bonds. The van der Waals surface area contributed by atoms with E-state index >= 15 is 0 Å². The Morgan fingerprint density at radius 2 is 1.56 bits per heavy atom. The van der Waals surface area contributed by atoms with Crippen molar-refractivity contribution in [2.45, 2.75) is 20.5 Å². The van der Waals surface area contributed by atoms with Gasteiger partial charge in [-0.2, -0.15) is 0 Å². The van der Waals surface area contributed by atoms with Crippen molar-refractivity contribution in [1.82, 2.24) is 9.55 Å². The van der Waals surface area contributed by atoms with Crippen molar-refractivity contribution in [3.05, 3.63) is 83.7 Å². The summed E-state index contributed by atoms with van der Waals surface area (Å²) in [7, 11) is 2.00. The number of fused-ring (bicyclic) bond motifs is 1. The summed E-state index contributed by atoms with van der Waals surface area (Å²) in [6.45, 7) is 4.61. The zero-order valence-corrected chi connectivity index (χ0v) is 15.8. The highest BCUT2D eigenvalue weighted by Crippen LogP contribution is 2.27. The highest BCUT2D eigenvalue weighted by Gasteiger charge is 2.10. The van der Waals surface area contributed by atoms with E-state index in [0.717, 1.165) is 34.1 Å². The van der Waals surface area contributed by atoms with Gasteiger partial charge in [0.1, 0.15) is 29.7 Å². The minimum absolute atomic E-state index is 0.419. The lowest BCUT2D eigenvalue weighted by atomic mass is 10.1. The molecule has 0 radical (unpaired) electrons. The lowest BCUT2D eigenvalue weighted by molar-refractivity contribution is 0.292. The molecule has 0 bridgehead atoms. The number of aryl methyl sites for hydroxylation is 3. The first-order valence-corrected chi connectivity index (χ1v) is 8.98. The van der Waals surface area contributed by atoms with Gasteiger partial charge in [-0.15, -0.1) is 0 Å². The number of para-hydroxylation sites is 1. The van der Waals surface area contributed by atoms with Crippen LogP contribution in [0.1, 0.15) is 17.0 Å². The Morgan fingerprint density at radius 1 is 0.815 bits per heavy atom. The van der Waals surface area contributed by atoms with Crippen LogP contribution in [-0.2, 0) is 13.7 Å². The molecule has 136 valence electrons. The lowest BCUT2D eigenvalue weighted by Gasteiger charge is -2.09. The topological polar surface area (TPSA) is 36.3 Å². The SMILES string of the molecule is Cc1ccc(Oc2ccc3nc(COc4ccccc4)n(C)c3c2)cc1C. The molecule has 1 aromatic heterocycles. The van der Waals surface area contributed by atoms with Crippen molar-refractivity contribution in [2.75, 3.05) is 0 Å². The van der Waals surface area contributed by atoms with Crippen LogP contribution < -0.4 is 9.47 Å². The monoisotopic (exact) mass is 358 g/mol. The Morgan fingerprint density at radius 3 is 2.33 bits per heavy atom. The van der Waals surface area contributed by atoms with E-state index in [9.17, 15) is 0 Å². The summed E-state index contributed by atoms with van der Waals surface area (Å²) >= 11 is 0. The Kier molecular flexibility index (Phi) is 4.55. The summed E-state index contributed by atoms with van der Waals surface area (Å²) in [5.74, 6) is 3.34. The zero-order valence-electron chi connectivity index (χ0n) is 15.8. The van der Waals surface area contributed by atoms with E-state index in [1.54, 1.807) is 0 Å². The highest BCUT2D eigenvalue weighted by atomic mass is 16.5. The lowest BCUT2D eigenvalue weighted by Crippen LogP contribution is -2.03. The average Bonchev–Trinajstić information content (AvgIpc) is 2.99. The molecule has 27 heavy (non-hydrogen) atoms. The number of imidazole rings is 1. The molecule has 0 aliphatic carbocycles. The quantitative estimate of drug-likeness (QED) is 0.468. The van der Waals surface area contributed by atoms with E-state index in [1.165, 1.54) is 11.1 Å². The second kappa shape index (κ2) is 7.16. The molecule has 0 saturated heterocycles. The number of hydrogen-bond acceptors (Lipinski definition) is 3. The van der Waals surface area contributed by atoms with Gasteiger partial charge >= 0.3 is 0 Å². The molecule has 0 aliphatic rings. The van der Waals surface area contributed by atoms with E-state index in [0.29, 0.717) is 6.61 Å². The molecule has 0 spiro atoms. The maximum Gasteiger partial charge on any atom is 0.147 e. The van der Waals surface area contributed by atoms with Crippen LogP contribution in [0.3, 0.4) is 0 Å². The summed E-state index contributed by atoms with van der Waals surface area (Å²) in [5.41, 5.74) is 4.42. The molecule has 0 atom stereocenters. The van der Waals surface area contributed by atoms with Crippen molar-refractivity contribution in [3.63, 3.8) is 0 Å². The van der Waals surface area contributed by atoms with Crippen LogP contribution in [-0.4, -0.2) is 9.55 Å². The fraction of sp³-hybridized carbons (Fsp3) is 0.174. The third kappa shape index (κ3) is 3.65. The smallest absolute Gasteiger partial charge is 0.147 e. The molecule has 4 aromatic rings. The Hall–Kier alpha value is -3.27. The summed E-state index contributed by atoms with van der Waals surface area (Å²) in [6.07, 6.45) is 0. The number of nitrogens with zero attached hydrogens (tertiary/aromatic N) is 2. The van der Waals surface area contributed by atoms with Crippen LogP contribution in [0.4, 0.5) is 0 Å². The highest BCUT2D eigenvalue weighted by molar-refractivity contribution is 5.77. The predicted molar refractivity (Wildman–Crippen MR) is 107 cm³/mol. The summed E-state index contributed by atoms with van der Waals surface area (Å²) in [4.78, 5) is 4.68.